The van der Waals surface area contributed by atoms with Gasteiger partial charge in [0.2, 0.25) is 0 Å². The van der Waals surface area contributed by atoms with E-state index in [2.05, 4.69) is 58.3 Å². The maximum absolute atomic E-state index is 11.5. The van der Waals surface area contributed by atoms with Gasteiger partial charge in [0, 0.05) is 39.6 Å². The zero-order chi connectivity index (χ0) is 18.7. The first-order valence-corrected chi connectivity index (χ1v) is 8.65. The summed E-state index contributed by atoms with van der Waals surface area (Å²) in [6.45, 7) is 0. The molecular formula is C23H24N2O. The Labute approximate surface area is 155 Å². The highest BCUT2D eigenvalue weighted by Crippen LogP contribution is 2.31. The van der Waals surface area contributed by atoms with Crippen molar-refractivity contribution >= 4 is 22.7 Å². The van der Waals surface area contributed by atoms with Gasteiger partial charge in [-0.2, -0.15) is 0 Å². The molecule has 0 bridgehead atoms. The van der Waals surface area contributed by atoms with Crippen LogP contribution >= 0.6 is 0 Å². The molecule has 2 aromatic carbocycles. The first-order valence-electron chi connectivity index (χ1n) is 8.65. The maximum atomic E-state index is 11.5. The molecule has 0 saturated carbocycles. The molecule has 3 nitrogen and oxygen atoms in total. The van der Waals surface area contributed by atoms with Gasteiger partial charge < -0.3 is 9.80 Å². The molecule has 3 rings (SSSR count). The first kappa shape index (κ1) is 17.7. The minimum atomic E-state index is 0.0269. The smallest absolute Gasteiger partial charge is 0.178 e. The van der Waals surface area contributed by atoms with Gasteiger partial charge in [-0.25, -0.2) is 0 Å². The van der Waals surface area contributed by atoms with Gasteiger partial charge in [-0.1, -0.05) is 36.4 Å². The van der Waals surface area contributed by atoms with Crippen molar-refractivity contribution in [2.45, 2.75) is 0 Å². The van der Waals surface area contributed by atoms with Crippen molar-refractivity contribution in [3.8, 4) is 0 Å². The molecule has 0 fully saturated rings. The van der Waals surface area contributed by atoms with E-state index in [1.54, 1.807) is 12.2 Å². The lowest BCUT2D eigenvalue weighted by molar-refractivity contribution is -0.110. The molecule has 0 heterocycles. The number of rotatable bonds is 4. The Balaban J connectivity index is 2.11. The van der Waals surface area contributed by atoms with Crippen LogP contribution in [0.2, 0.25) is 0 Å². The molecule has 0 atom stereocenters. The molecule has 0 spiro atoms. The third kappa shape index (κ3) is 3.77. The van der Waals surface area contributed by atoms with E-state index in [1.807, 2.05) is 40.3 Å². The number of ketones is 1. The number of nitrogens with zero attached hydrogens (tertiary/aromatic N) is 2. The number of allylic oxidation sites excluding steroid dienone is 5. The number of anilines is 2. The molecule has 0 aliphatic heterocycles. The predicted octanol–water partition coefficient (Wildman–Crippen LogP) is 4.32. The van der Waals surface area contributed by atoms with Gasteiger partial charge >= 0.3 is 0 Å². The van der Waals surface area contributed by atoms with Crippen LogP contribution in [0.4, 0.5) is 11.4 Å². The summed E-state index contributed by atoms with van der Waals surface area (Å²) in [6.07, 6.45) is 7.05. The maximum Gasteiger partial charge on any atom is 0.178 e. The fraction of sp³-hybridized carbons (Fsp3) is 0.174. The number of carbonyl (C=O) groups is 1. The van der Waals surface area contributed by atoms with Crippen LogP contribution in [0.3, 0.4) is 0 Å². The van der Waals surface area contributed by atoms with Crippen molar-refractivity contribution in [3.63, 3.8) is 0 Å². The van der Waals surface area contributed by atoms with E-state index in [0.29, 0.717) is 0 Å². The molecule has 1 aliphatic rings. The predicted molar refractivity (Wildman–Crippen MR) is 111 cm³/mol. The second kappa shape index (κ2) is 7.44. The number of hydrogen-bond donors (Lipinski definition) is 0. The minimum Gasteiger partial charge on any atom is -0.378 e. The molecule has 0 saturated heterocycles. The molecule has 132 valence electrons. The Morgan fingerprint density at radius 1 is 0.615 bits per heavy atom. The summed E-state index contributed by atoms with van der Waals surface area (Å²) in [5, 5.41) is 0. The van der Waals surface area contributed by atoms with Gasteiger partial charge in [-0.3, -0.25) is 4.79 Å². The van der Waals surface area contributed by atoms with Crippen molar-refractivity contribution in [1.82, 2.24) is 0 Å². The zero-order valence-electron chi connectivity index (χ0n) is 15.7. The number of hydrogen-bond acceptors (Lipinski definition) is 3. The Morgan fingerprint density at radius 3 is 1.35 bits per heavy atom. The topological polar surface area (TPSA) is 23.6 Å². The van der Waals surface area contributed by atoms with E-state index < -0.39 is 0 Å². The van der Waals surface area contributed by atoms with E-state index in [1.165, 1.54) is 0 Å². The van der Waals surface area contributed by atoms with E-state index in [4.69, 9.17) is 0 Å². The van der Waals surface area contributed by atoms with Crippen LogP contribution in [0.1, 0.15) is 11.1 Å². The van der Waals surface area contributed by atoms with E-state index >= 15 is 0 Å². The quantitative estimate of drug-likeness (QED) is 0.825. The van der Waals surface area contributed by atoms with Crippen LogP contribution in [0, 0.1) is 0 Å². The lowest BCUT2D eigenvalue weighted by Gasteiger charge is -2.18. The molecule has 3 heteroatoms. The Bertz CT molecular complexity index is 811. The van der Waals surface area contributed by atoms with Gasteiger partial charge in [-0.05, 0) is 58.7 Å². The van der Waals surface area contributed by atoms with Gasteiger partial charge in [0.25, 0.3) is 0 Å². The summed E-state index contributed by atoms with van der Waals surface area (Å²) in [4.78, 5) is 15.7. The molecule has 26 heavy (non-hydrogen) atoms. The third-order valence-corrected chi connectivity index (χ3v) is 4.49. The first-order chi connectivity index (χ1) is 12.5. The van der Waals surface area contributed by atoms with E-state index in [-0.39, 0.29) is 5.78 Å². The van der Waals surface area contributed by atoms with Crippen LogP contribution in [0.5, 0.6) is 0 Å². The van der Waals surface area contributed by atoms with Crippen molar-refractivity contribution in [2.75, 3.05) is 38.0 Å². The SMILES string of the molecule is CN(C)c1ccc(C(=C2C=CC(=O)C=C2)c2ccc(N(C)C)cc2)cc1. The van der Waals surface area contributed by atoms with E-state index in [0.717, 1.165) is 33.6 Å². The highest BCUT2D eigenvalue weighted by Gasteiger charge is 2.12. The summed E-state index contributed by atoms with van der Waals surface area (Å²) in [5.74, 6) is 0.0269. The second-order valence-corrected chi connectivity index (χ2v) is 6.78. The van der Waals surface area contributed by atoms with Gasteiger partial charge in [0.15, 0.2) is 5.78 Å². The molecule has 0 unspecified atom stereocenters. The lowest BCUT2D eigenvalue weighted by Crippen LogP contribution is -2.08. The summed E-state index contributed by atoms with van der Waals surface area (Å²) in [6, 6.07) is 17.0. The normalized spacial score (nSPS) is 13.1. The largest absolute Gasteiger partial charge is 0.378 e. The average Bonchev–Trinajstić information content (AvgIpc) is 2.64. The monoisotopic (exact) mass is 344 g/mol. The van der Waals surface area contributed by atoms with Crippen molar-refractivity contribution in [2.24, 2.45) is 0 Å². The molecular weight excluding hydrogens is 320 g/mol. The number of carbonyl (C=O) groups excluding carboxylic acids is 1. The van der Waals surface area contributed by atoms with Crippen molar-refractivity contribution in [3.05, 3.63) is 89.5 Å². The lowest BCUT2D eigenvalue weighted by atomic mass is 9.90. The molecule has 0 radical (unpaired) electrons. The molecule has 2 aromatic rings. The third-order valence-electron chi connectivity index (χ3n) is 4.49. The standard InChI is InChI=1S/C23H24N2O/c1-24(2)20-11-5-17(6-12-20)23(19-9-15-22(26)16-10-19)18-7-13-21(14-8-18)25(3)4/h5-16H,1-4H3. The molecule has 0 aromatic heterocycles. The summed E-state index contributed by atoms with van der Waals surface area (Å²) in [7, 11) is 8.14. The summed E-state index contributed by atoms with van der Waals surface area (Å²) < 4.78 is 0. The summed E-state index contributed by atoms with van der Waals surface area (Å²) >= 11 is 0. The average molecular weight is 344 g/mol. The van der Waals surface area contributed by atoms with Crippen LogP contribution < -0.4 is 9.80 Å². The van der Waals surface area contributed by atoms with Gasteiger partial charge in [0.1, 0.15) is 0 Å². The van der Waals surface area contributed by atoms with Crippen LogP contribution in [-0.4, -0.2) is 34.0 Å². The fourth-order valence-electron chi connectivity index (χ4n) is 2.97. The molecule has 0 N–H and O–H groups in total. The Morgan fingerprint density at radius 2 is 1.00 bits per heavy atom. The van der Waals surface area contributed by atoms with Crippen LogP contribution in [-0.2, 0) is 4.79 Å². The van der Waals surface area contributed by atoms with Crippen molar-refractivity contribution in [1.29, 1.82) is 0 Å². The Hall–Kier alpha value is -3.07. The van der Waals surface area contributed by atoms with Crippen molar-refractivity contribution < 1.29 is 4.79 Å². The highest BCUT2D eigenvalue weighted by molar-refractivity contribution is 6.03. The fourth-order valence-corrected chi connectivity index (χ4v) is 2.97. The minimum absolute atomic E-state index is 0.0269. The van der Waals surface area contributed by atoms with Crippen LogP contribution in [0.25, 0.3) is 5.57 Å². The number of benzene rings is 2. The second-order valence-electron chi connectivity index (χ2n) is 6.78. The van der Waals surface area contributed by atoms with Crippen LogP contribution in [0.15, 0.2) is 78.4 Å². The summed E-state index contributed by atoms with van der Waals surface area (Å²) in [5.41, 5.74) is 6.75. The molecule has 1 aliphatic carbocycles. The van der Waals surface area contributed by atoms with Gasteiger partial charge in [-0.15, -0.1) is 0 Å². The Kier molecular flexibility index (Phi) is 5.08. The molecule has 0 amide bonds. The zero-order valence-corrected chi connectivity index (χ0v) is 15.7. The van der Waals surface area contributed by atoms with Gasteiger partial charge in [0.05, 0.1) is 0 Å². The highest BCUT2D eigenvalue weighted by atomic mass is 16.1. The van der Waals surface area contributed by atoms with E-state index in [9.17, 15) is 4.79 Å².